The average molecular weight is 282 g/mol. The van der Waals surface area contributed by atoms with E-state index < -0.39 is 22.1 Å². The van der Waals surface area contributed by atoms with Gasteiger partial charge in [0, 0.05) is 6.54 Å². The van der Waals surface area contributed by atoms with Crippen LogP contribution in [0.3, 0.4) is 0 Å². The van der Waals surface area contributed by atoms with Crippen molar-refractivity contribution in [3.63, 3.8) is 0 Å². The Hall–Kier alpha value is -1.91. The Bertz CT molecular complexity index is 563. The monoisotopic (exact) mass is 282 g/mol. The molecule has 0 radical (unpaired) electrons. The van der Waals surface area contributed by atoms with E-state index in [4.69, 9.17) is 5.26 Å². The number of nitrogens with zero attached hydrogens (tertiary/aromatic N) is 1. The Balaban J connectivity index is 2.46. The third-order valence-electron chi connectivity index (χ3n) is 2.16. The number of hydrogen-bond donors (Lipinski definition) is 1. The molecule has 0 saturated heterocycles. The van der Waals surface area contributed by atoms with Crippen molar-refractivity contribution in [2.75, 3.05) is 6.54 Å². The van der Waals surface area contributed by atoms with E-state index in [1.165, 1.54) is 19.1 Å². The Morgan fingerprint density at radius 2 is 2.05 bits per heavy atom. The number of carbonyl (C=O) groups excluding carboxylic acids is 1. The molecule has 1 aromatic rings. The van der Waals surface area contributed by atoms with E-state index in [1.807, 2.05) is 0 Å². The zero-order valence-corrected chi connectivity index (χ0v) is 11.2. The van der Waals surface area contributed by atoms with Crippen molar-refractivity contribution in [1.29, 1.82) is 5.26 Å². The molecule has 0 heterocycles. The third kappa shape index (κ3) is 5.07. The first-order valence-electron chi connectivity index (χ1n) is 5.59. The first kappa shape index (κ1) is 15.1. The van der Waals surface area contributed by atoms with Crippen LogP contribution in [0.2, 0.25) is 0 Å². The maximum atomic E-state index is 11.8. The lowest BCUT2D eigenvalue weighted by Gasteiger charge is -2.07. The molecule has 0 bridgehead atoms. The van der Waals surface area contributed by atoms with Gasteiger partial charge < -0.3 is 4.74 Å². The molecule has 1 N–H and O–H groups in total. The van der Waals surface area contributed by atoms with Crippen molar-refractivity contribution in [3.8, 4) is 6.07 Å². The van der Waals surface area contributed by atoms with Crippen LogP contribution in [0.5, 0.6) is 0 Å². The lowest BCUT2D eigenvalue weighted by molar-refractivity contribution is -0.145. The van der Waals surface area contributed by atoms with Crippen molar-refractivity contribution in [2.45, 2.75) is 24.3 Å². The number of hydrogen-bond acceptors (Lipinski definition) is 5. The molecule has 1 atom stereocenters. The van der Waals surface area contributed by atoms with E-state index in [0.717, 1.165) is 0 Å². The second-order valence-corrected chi connectivity index (χ2v) is 5.49. The summed E-state index contributed by atoms with van der Waals surface area (Å²) >= 11 is 0. The summed E-state index contributed by atoms with van der Waals surface area (Å²) in [6, 6.07) is 9.59. The normalized spacial score (nSPS) is 12.4. The molecule has 1 aromatic carbocycles. The molecule has 0 fully saturated rings. The minimum atomic E-state index is -3.61. The maximum absolute atomic E-state index is 11.8. The molecule has 102 valence electrons. The van der Waals surface area contributed by atoms with Gasteiger partial charge in [-0.1, -0.05) is 18.2 Å². The smallest absolute Gasteiger partial charge is 0.308 e. The van der Waals surface area contributed by atoms with Crippen LogP contribution in [-0.4, -0.2) is 27.0 Å². The number of esters is 1. The minimum absolute atomic E-state index is 0.0752. The summed E-state index contributed by atoms with van der Waals surface area (Å²) in [6.07, 6.45) is -0.962. The highest BCUT2D eigenvalue weighted by Gasteiger charge is 2.14. The van der Waals surface area contributed by atoms with Gasteiger partial charge in [-0.15, -0.1) is 0 Å². The van der Waals surface area contributed by atoms with E-state index >= 15 is 0 Å². The van der Waals surface area contributed by atoms with Gasteiger partial charge >= 0.3 is 5.97 Å². The van der Waals surface area contributed by atoms with Gasteiger partial charge in [0.1, 0.15) is 6.07 Å². The van der Waals surface area contributed by atoms with E-state index in [2.05, 4.69) is 9.46 Å². The summed E-state index contributed by atoms with van der Waals surface area (Å²) in [4.78, 5) is 11.4. The predicted molar refractivity (Wildman–Crippen MR) is 67.4 cm³/mol. The van der Waals surface area contributed by atoms with Crippen molar-refractivity contribution >= 4 is 16.0 Å². The molecule has 0 amide bonds. The topological polar surface area (TPSA) is 96.3 Å². The fraction of sp³-hybridized carbons (Fsp3) is 0.333. The van der Waals surface area contributed by atoms with Crippen LogP contribution >= 0.6 is 0 Å². The van der Waals surface area contributed by atoms with Crippen LogP contribution in [0.1, 0.15) is 13.3 Å². The largest absolute Gasteiger partial charge is 0.447 e. The van der Waals surface area contributed by atoms with Gasteiger partial charge in [-0.2, -0.15) is 5.26 Å². The van der Waals surface area contributed by atoms with Crippen LogP contribution < -0.4 is 4.72 Å². The number of benzene rings is 1. The zero-order chi connectivity index (χ0) is 14.3. The van der Waals surface area contributed by atoms with Crippen molar-refractivity contribution < 1.29 is 17.9 Å². The second-order valence-electron chi connectivity index (χ2n) is 3.72. The minimum Gasteiger partial charge on any atom is -0.447 e. The van der Waals surface area contributed by atoms with Gasteiger partial charge in [-0.3, -0.25) is 4.79 Å². The molecule has 0 aliphatic carbocycles. The van der Waals surface area contributed by atoms with E-state index in [0.29, 0.717) is 0 Å². The van der Waals surface area contributed by atoms with Crippen LogP contribution in [0.15, 0.2) is 35.2 Å². The summed E-state index contributed by atoms with van der Waals surface area (Å²) in [7, 11) is -3.61. The summed E-state index contributed by atoms with van der Waals surface area (Å²) in [5.74, 6) is -0.621. The van der Waals surface area contributed by atoms with Crippen molar-refractivity contribution in [2.24, 2.45) is 0 Å². The van der Waals surface area contributed by atoms with Gasteiger partial charge in [-0.25, -0.2) is 13.1 Å². The van der Waals surface area contributed by atoms with Gasteiger partial charge in [0.05, 0.1) is 11.3 Å². The molecule has 0 aliphatic heterocycles. The molecule has 6 nitrogen and oxygen atoms in total. The zero-order valence-electron chi connectivity index (χ0n) is 10.4. The fourth-order valence-corrected chi connectivity index (χ4v) is 2.31. The number of ether oxygens (including phenoxy) is 1. The molecular formula is C12H14N2O4S. The Morgan fingerprint density at radius 3 is 2.63 bits per heavy atom. The lowest BCUT2D eigenvalue weighted by Crippen LogP contribution is -2.27. The van der Waals surface area contributed by atoms with Gasteiger partial charge in [0.25, 0.3) is 0 Å². The van der Waals surface area contributed by atoms with Crippen molar-refractivity contribution in [3.05, 3.63) is 30.3 Å². The molecule has 0 spiro atoms. The van der Waals surface area contributed by atoms with Crippen molar-refractivity contribution in [1.82, 2.24) is 4.72 Å². The highest BCUT2D eigenvalue weighted by Crippen LogP contribution is 2.06. The first-order valence-corrected chi connectivity index (χ1v) is 7.08. The Kier molecular flexibility index (Phi) is 5.48. The van der Waals surface area contributed by atoms with Crippen LogP contribution in [0.25, 0.3) is 0 Å². The standard InChI is InChI=1S/C12H14N2O4S/c1-10(9-13)18-12(15)7-8-14-19(16,17)11-5-3-2-4-6-11/h2-6,10,14H,7-8H2,1H3/t10-/m1/s1. The molecular weight excluding hydrogens is 268 g/mol. The van der Waals surface area contributed by atoms with Crippen LogP contribution in [0.4, 0.5) is 0 Å². The molecule has 7 heteroatoms. The first-order chi connectivity index (χ1) is 8.95. The predicted octanol–water partition coefficient (Wildman–Crippen LogP) is 0.810. The molecule has 0 unspecified atom stereocenters. The Morgan fingerprint density at radius 1 is 1.42 bits per heavy atom. The third-order valence-corrected chi connectivity index (χ3v) is 3.64. The van der Waals surface area contributed by atoms with E-state index in [9.17, 15) is 13.2 Å². The summed E-state index contributed by atoms with van der Waals surface area (Å²) in [5, 5.41) is 8.45. The molecule has 0 aromatic heterocycles. The number of rotatable bonds is 6. The number of nitrogens with one attached hydrogen (secondary N) is 1. The fourth-order valence-electron chi connectivity index (χ4n) is 1.25. The molecule has 1 rings (SSSR count). The SMILES string of the molecule is C[C@H](C#N)OC(=O)CCNS(=O)(=O)c1ccccc1. The summed E-state index contributed by atoms with van der Waals surface area (Å²) in [5.41, 5.74) is 0. The van der Waals surface area contributed by atoms with Gasteiger partial charge in [0.15, 0.2) is 6.10 Å². The van der Waals surface area contributed by atoms with Crippen LogP contribution in [-0.2, 0) is 19.6 Å². The summed E-state index contributed by atoms with van der Waals surface area (Å²) < 4.78 is 30.5. The molecule has 19 heavy (non-hydrogen) atoms. The lowest BCUT2D eigenvalue weighted by atomic mass is 10.4. The molecule has 0 aliphatic rings. The van der Waals surface area contributed by atoms with Gasteiger partial charge in [-0.05, 0) is 19.1 Å². The quantitative estimate of drug-likeness (QED) is 0.779. The van der Waals surface area contributed by atoms with E-state index in [1.54, 1.807) is 24.3 Å². The van der Waals surface area contributed by atoms with E-state index in [-0.39, 0.29) is 17.9 Å². The average Bonchev–Trinajstić information content (AvgIpc) is 2.39. The highest BCUT2D eigenvalue weighted by molar-refractivity contribution is 7.89. The second kappa shape index (κ2) is 6.87. The molecule has 0 saturated carbocycles. The Labute approximate surface area is 112 Å². The number of carbonyl (C=O) groups is 1. The maximum Gasteiger partial charge on any atom is 0.308 e. The number of nitriles is 1. The highest BCUT2D eigenvalue weighted by atomic mass is 32.2. The number of sulfonamides is 1. The van der Waals surface area contributed by atoms with Crippen LogP contribution in [0, 0.1) is 11.3 Å². The van der Waals surface area contributed by atoms with Gasteiger partial charge in [0.2, 0.25) is 10.0 Å². The summed E-state index contributed by atoms with van der Waals surface area (Å²) in [6.45, 7) is 1.36.